The second-order valence-electron chi connectivity index (χ2n) is 7.75. The molecule has 1 aliphatic heterocycles. The zero-order valence-corrected chi connectivity index (χ0v) is 19.7. The average Bonchev–Trinajstić information content (AvgIpc) is 3.17. The van der Waals surface area contributed by atoms with Crippen LogP contribution in [0.25, 0.3) is 0 Å². The number of carbonyl (C=O) groups excluding carboxylic acids is 1. The molecule has 7 heteroatoms. The number of thiophene rings is 1. The molecule has 0 bridgehead atoms. The van der Waals surface area contributed by atoms with E-state index in [1.54, 1.807) is 18.2 Å². The Kier molecular flexibility index (Phi) is 7.28. The molecule has 4 rings (SSSR count). The van der Waals surface area contributed by atoms with Gasteiger partial charge in [0.1, 0.15) is 11.1 Å². The van der Waals surface area contributed by atoms with Crippen LogP contribution in [-0.2, 0) is 19.5 Å². The maximum Gasteiger partial charge on any atom is 0.256 e. The fourth-order valence-electron chi connectivity index (χ4n) is 4.01. The van der Waals surface area contributed by atoms with Gasteiger partial charge in [-0.2, -0.15) is 5.26 Å². The summed E-state index contributed by atoms with van der Waals surface area (Å²) in [5, 5.41) is 13.4. The first kappa shape index (κ1) is 22.8. The Bertz CT molecular complexity index is 1170. The first-order chi connectivity index (χ1) is 16.1. The maximum atomic E-state index is 13.0. The lowest BCUT2D eigenvalue weighted by molar-refractivity contribution is 0.102. The summed E-state index contributed by atoms with van der Waals surface area (Å²) in [7, 11) is 0. The molecule has 1 N–H and O–H groups in total. The van der Waals surface area contributed by atoms with Gasteiger partial charge in [0.25, 0.3) is 5.91 Å². The molecule has 0 radical (unpaired) electrons. The summed E-state index contributed by atoms with van der Waals surface area (Å²) in [6.07, 6.45) is 0.801. The molecule has 0 saturated heterocycles. The van der Waals surface area contributed by atoms with E-state index in [4.69, 9.17) is 9.47 Å². The predicted molar refractivity (Wildman–Crippen MR) is 130 cm³/mol. The van der Waals surface area contributed by atoms with E-state index in [2.05, 4.69) is 40.6 Å². The third-order valence-electron chi connectivity index (χ3n) is 5.53. The van der Waals surface area contributed by atoms with Crippen LogP contribution >= 0.6 is 11.3 Å². The van der Waals surface area contributed by atoms with Crippen molar-refractivity contribution in [1.29, 1.82) is 5.26 Å². The van der Waals surface area contributed by atoms with Gasteiger partial charge < -0.3 is 14.8 Å². The van der Waals surface area contributed by atoms with Gasteiger partial charge in [-0.1, -0.05) is 30.3 Å². The molecule has 0 saturated carbocycles. The number of nitriles is 1. The summed E-state index contributed by atoms with van der Waals surface area (Å²) in [6, 6.07) is 17.8. The van der Waals surface area contributed by atoms with Crippen molar-refractivity contribution in [3.63, 3.8) is 0 Å². The molecule has 2 heterocycles. The molecule has 0 atom stereocenters. The van der Waals surface area contributed by atoms with Crippen LogP contribution in [0, 0.1) is 11.3 Å². The van der Waals surface area contributed by atoms with E-state index in [0.29, 0.717) is 40.8 Å². The van der Waals surface area contributed by atoms with Gasteiger partial charge in [-0.25, -0.2) is 0 Å². The summed E-state index contributed by atoms with van der Waals surface area (Å²) in [5.41, 5.74) is 3.37. The van der Waals surface area contributed by atoms with Crippen molar-refractivity contribution >= 4 is 22.2 Å². The average molecular weight is 462 g/mol. The second kappa shape index (κ2) is 10.5. The third-order valence-corrected chi connectivity index (χ3v) is 6.66. The minimum atomic E-state index is -0.268. The molecule has 0 fully saturated rings. The lowest BCUT2D eigenvalue weighted by Crippen LogP contribution is -2.29. The van der Waals surface area contributed by atoms with Gasteiger partial charge in [-0.05, 0) is 49.6 Å². The van der Waals surface area contributed by atoms with Crippen LogP contribution < -0.4 is 14.8 Å². The van der Waals surface area contributed by atoms with Crippen LogP contribution in [0.5, 0.6) is 11.5 Å². The molecule has 1 amide bonds. The Labute approximate surface area is 198 Å². The Morgan fingerprint density at radius 2 is 1.88 bits per heavy atom. The molecule has 3 aromatic rings. The second-order valence-corrected chi connectivity index (χ2v) is 8.85. The lowest BCUT2D eigenvalue weighted by atomic mass is 10.0. The highest BCUT2D eigenvalue weighted by atomic mass is 32.1. The molecular weight excluding hydrogens is 434 g/mol. The summed E-state index contributed by atoms with van der Waals surface area (Å²) < 4.78 is 11.2. The lowest BCUT2D eigenvalue weighted by Gasteiger charge is -2.26. The minimum Gasteiger partial charge on any atom is -0.490 e. The van der Waals surface area contributed by atoms with Crippen LogP contribution in [0.4, 0.5) is 5.00 Å². The van der Waals surface area contributed by atoms with E-state index in [-0.39, 0.29) is 5.91 Å². The largest absolute Gasteiger partial charge is 0.490 e. The fourth-order valence-corrected chi connectivity index (χ4v) is 5.24. The Hall–Kier alpha value is -3.34. The SMILES string of the molecule is CCOc1ccc(C(=O)Nc2sc3c(c2C#N)CCN(Cc2ccccc2)C3)cc1OCC. The number of carbonyl (C=O) groups is 1. The van der Waals surface area contributed by atoms with E-state index >= 15 is 0 Å². The van der Waals surface area contributed by atoms with Gasteiger partial charge in [0.15, 0.2) is 11.5 Å². The predicted octanol–water partition coefficient (Wildman–Crippen LogP) is 5.23. The molecule has 33 heavy (non-hydrogen) atoms. The van der Waals surface area contributed by atoms with Gasteiger partial charge >= 0.3 is 0 Å². The molecule has 0 spiro atoms. The smallest absolute Gasteiger partial charge is 0.256 e. The van der Waals surface area contributed by atoms with Crippen molar-refractivity contribution in [2.45, 2.75) is 33.4 Å². The molecule has 1 aliphatic rings. The summed E-state index contributed by atoms with van der Waals surface area (Å²) in [4.78, 5) is 16.5. The quantitative estimate of drug-likeness (QED) is 0.497. The van der Waals surface area contributed by atoms with Crippen molar-refractivity contribution in [2.24, 2.45) is 0 Å². The van der Waals surface area contributed by atoms with Gasteiger partial charge in [0, 0.05) is 30.1 Å². The third kappa shape index (κ3) is 5.19. The molecule has 6 nitrogen and oxygen atoms in total. The standard InChI is InChI=1S/C26H27N3O3S/c1-3-31-22-11-10-19(14-23(22)32-4-2)25(30)28-26-21(15-27)20-12-13-29(17-24(20)33-26)16-18-8-6-5-7-9-18/h5-11,14H,3-4,12-13,16-17H2,1-2H3,(H,28,30). The first-order valence-electron chi connectivity index (χ1n) is 11.1. The zero-order chi connectivity index (χ0) is 23.2. The number of nitrogens with one attached hydrogen (secondary N) is 1. The Balaban J connectivity index is 1.52. The van der Waals surface area contributed by atoms with Crippen molar-refractivity contribution in [3.8, 4) is 17.6 Å². The summed E-state index contributed by atoms with van der Waals surface area (Å²) >= 11 is 1.50. The number of ether oxygens (including phenoxy) is 2. The topological polar surface area (TPSA) is 74.6 Å². The summed E-state index contributed by atoms with van der Waals surface area (Å²) in [6.45, 7) is 7.31. The number of hydrogen-bond acceptors (Lipinski definition) is 6. The van der Waals surface area contributed by atoms with E-state index in [9.17, 15) is 10.1 Å². The molecule has 1 aromatic heterocycles. The van der Waals surface area contributed by atoms with Crippen molar-refractivity contribution in [2.75, 3.05) is 25.1 Å². The number of rotatable bonds is 8. The highest BCUT2D eigenvalue weighted by molar-refractivity contribution is 7.16. The molecule has 0 aliphatic carbocycles. The number of fused-ring (bicyclic) bond motifs is 1. The normalized spacial score (nSPS) is 13.1. The van der Waals surface area contributed by atoms with Crippen molar-refractivity contribution in [1.82, 2.24) is 4.90 Å². The maximum absolute atomic E-state index is 13.0. The van der Waals surface area contributed by atoms with Crippen molar-refractivity contribution < 1.29 is 14.3 Å². The first-order valence-corrected chi connectivity index (χ1v) is 12.0. The van der Waals surface area contributed by atoms with Gasteiger partial charge in [0.05, 0.1) is 18.8 Å². The van der Waals surface area contributed by atoms with Gasteiger partial charge in [-0.3, -0.25) is 9.69 Å². The summed E-state index contributed by atoms with van der Waals surface area (Å²) in [5.74, 6) is 0.878. The number of benzene rings is 2. The van der Waals surface area contributed by atoms with Crippen LogP contribution in [0.2, 0.25) is 0 Å². The Morgan fingerprint density at radius 3 is 2.61 bits per heavy atom. The zero-order valence-electron chi connectivity index (χ0n) is 18.9. The fraction of sp³-hybridized carbons (Fsp3) is 0.308. The highest BCUT2D eigenvalue weighted by Crippen LogP contribution is 2.37. The van der Waals surface area contributed by atoms with Crippen molar-refractivity contribution in [3.05, 3.63) is 75.7 Å². The van der Waals surface area contributed by atoms with E-state index in [1.165, 1.54) is 16.9 Å². The highest BCUT2D eigenvalue weighted by Gasteiger charge is 2.25. The van der Waals surface area contributed by atoms with E-state index in [0.717, 1.165) is 36.5 Å². The van der Waals surface area contributed by atoms with E-state index in [1.807, 2.05) is 19.9 Å². The molecule has 170 valence electrons. The van der Waals surface area contributed by atoms with Gasteiger partial charge in [-0.15, -0.1) is 11.3 Å². The van der Waals surface area contributed by atoms with Crippen LogP contribution in [0.1, 0.15) is 45.8 Å². The molecule has 2 aromatic carbocycles. The number of nitrogens with zero attached hydrogens (tertiary/aromatic N) is 2. The van der Waals surface area contributed by atoms with Crippen LogP contribution in [0.3, 0.4) is 0 Å². The minimum absolute atomic E-state index is 0.268. The number of amides is 1. The number of anilines is 1. The Morgan fingerprint density at radius 1 is 1.12 bits per heavy atom. The molecular formula is C26H27N3O3S. The van der Waals surface area contributed by atoms with Gasteiger partial charge in [0.2, 0.25) is 0 Å². The molecule has 0 unspecified atom stereocenters. The number of hydrogen-bond donors (Lipinski definition) is 1. The van der Waals surface area contributed by atoms with Crippen LogP contribution in [-0.4, -0.2) is 30.6 Å². The van der Waals surface area contributed by atoms with Crippen LogP contribution in [0.15, 0.2) is 48.5 Å². The monoisotopic (exact) mass is 461 g/mol. The van der Waals surface area contributed by atoms with E-state index < -0.39 is 0 Å².